The first kappa shape index (κ1) is 16.4. The summed E-state index contributed by atoms with van der Waals surface area (Å²) in [5, 5.41) is 2.00. The lowest BCUT2D eigenvalue weighted by Crippen LogP contribution is -1.98. The van der Waals surface area contributed by atoms with Gasteiger partial charge in [-0.15, -0.1) is 11.3 Å². The van der Waals surface area contributed by atoms with Gasteiger partial charge in [-0.05, 0) is 40.5 Å². The molecule has 0 amide bonds. The SMILES string of the molecule is CCCCC(C)c1ccccc1-c1sccc1CS(=O)O. The van der Waals surface area contributed by atoms with E-state index in [1.807, 2.05) is 17.5 Å². The Labute approximate surface area is 133 Å². The first-order valence-electron chi connectivity index (χ1n) is 7.36. The Morgan fingerprint density at radius 3 is 2.76 bits per heavy atom. The van der Waals surface area contributed by atoms with E-state index in [0.717, 1.165) is 10.4 Å². The Kier molecular flexibility index (Phi) is 6.15. The van der Waals surface area contributed by atoms with Crippen molar-refractivity contribution in [3.63, 3.8) is 0 Å². The minimum Gasteiger partial charge on any atom is -0.306 e. The molecule has 21 heavy (non-hydrogen) atoms. The molecule has 2 unspecified atom stereocenters. The van der Waals surface area contributed by atoms with Gasteiger partial charge in [0.05, 0.1) is 5.75 Å². The second kappa shape index (κ2) is 7.87. The fraction of sp³-hybridized carbons (Fsp3) is 0.412. The van der Waals surface area contributed by atoms with E-state index in [1.165, 1.54) is 30.4 Å². The van der Waals surface area contributed by atoms with Gasteiger partial charge in [-0.3, -0.25) is 0 Å². The summed E-state index contributed by atoms with van der Waals surface area (Å²) in [5.74, 6) is 0.715. The van der Waals surface area contributed by atoms with Gasteiger partial charge in [0, 0.05) is 4.88 Å². The van der Waals surface area contributed by atoms with E-state index >= 15 is 0 Å². The van der Waals surface area contributed by atoms with Crippen LogP contribution in [0.5, 0.6) is 0 Å². The van der Waals surface area contributed by atoms with Crippen molar-refractivity contribution in [2.24, 2.45) is 0 Å². The van der Waals surface area contributed by atoms with Crippen molar-refractivity contribution in [2.45, 2.75) is 44.8 Å². The van der Waals surface area contributed by atoms with E-state index in [4.69, 9.17) is 4.55 Å². The normalized spacial score (nSPS) is 14.0. The van der Waals surface area contributed by atoms with Crippen LogP contribution in [-0.2, 0) is 16.8 Å². The molecule has 0 spiro atoms. The summed E-state index contributed by atoms with van der Waals surface area (Å²) < 4.78 is 20.3. The van der Waals surface area contributed by atoms with Gasteiger partial charge in [-0.2, -0.15) is 0 Å². The lowest BCUT2D eigenvalue weighted by Gasteiger charge is -2.16. The molecule has 0 radical (unpaired) electrons. The maximum Gasteiger partial charge on any atom is 0.157 e. The molecule has 0 aliphatic rings. The van der Waals surface area contributed by atoms with Crippen molar-refractivity contribution >= 4 is 22.4 Å². The summed E-state index contributed by atoms with van der Waals surface area (Å²) in [6, 6.07) is 10.4. The maximum absolute atomic E-state index is 11.1. The standard InChI is InChI=1S/C17H22O2S2/c1-3-4-7-13(2)15-8-5-6-9-16(15)17-14(10-11-20-17)12-21(18)19/h5-6,8-11,13H,3-4,7,12H2,1-2H3,(H,18,19). The highest BCUT2D eigenvalue weighted by molar-refractivity contribution is 7.78. The summed E-state index contributed by atoms with van der Waals surface area (Å²) in [6.45, 7) is 4.48. The summed E-state index contributed by atoms with van der Waals surface area (Å²) in [4.78, 5) is 1.14. The molecule has 2 atom stereocenters. The molecular weight excluding hydrogens is 300 g/mol. The van der Waals surface area contributed by atoms with E-state index < -0.39 is 11.1 Å². The summed E-state index contributed by atoms with van der Waals surface area (Å²) in [6.07, 6.45) is 3.62. The molecule has 2 rings (SSSR count). The molecule has 1 aromatic heterocycles. The molecule has 0 saturated heterocycles. The van der Waals surface area contributed by atoms with Crippen LogP contribution in [-0.4, -0.2) is 8.76 Å². The summed E-state index contributed by atoms with van der Waals surface area (Å²) in [5.41, 5.74) is 3.53. The Morgan fingerprint density at radius 2 is 2.05 bits per heavy atom. The van der Waals surface area contributed by atoms with Gasteiger partial charge in [0.2, 0.25) is 0 Å². The fourth-order valence-corrected chi connectivity index (χ4v) is 4.19. The van der Waals surface area contributed by atoms with Crippen LogP contribution in [0.3, 0.4) is 0 Å². The average Bonchev–Trinajstić information content (AvgIpc) is 2.92. The fourth-order valence-electron chi connectivity index (χ4n) is 2.62. The summed E-state index contributed by atoms with van der Waals surface area (Å²) >= 11 is -0.140. The Bertz CT molecular complexity index is 604. The smallest absolute Gasteiger partial charge is 0.157 e. The number of hydrogen-bond acceptors (Lipinski definition) is 2. The number of rotatable bonds is 7. The van der Waals surface area contributed by atoms with Crippen molar-refractivity contribution < 1.29 is 8.76 Å². The summed E-state index contributed by atoms with van der Waals surface area (Å²) in [7, 11) is 0. The predicted molar refractivity (Wildman–Crippen MR) is 92.2 cm³/mol. The molecule has 0 fully saturated rings. The number of thiophene rings is 1. The molecule has 114 valence electrons. The molecule has 2 aromatic rings. The van der Waals surface area contributed by atoms with Crippen molar-refractivity contribution in [1.29, 1.82) is 0 Å². The van der Waals surface area contributed by atoms with Crippen molar-refractivity contribution in [2.75, 3.05) is 0 Å². The van der Waals surface area contributed by atoms with Crippen LogP contribution < -0.4 is 0 Å². The van der Waals surface area contributed by atoms with Crippen molar-refractivity contribution in [3.05, 3.63) is 46.8 Å². The molecule has 2 nitrogen and oxygen atoms in total. The third kappa shape index (κ3) is 4.25. The monoisotopic (exact) mass is 322 g/mol. The van der Waals surface area contributed by atoms with Crippen molar-refractivity contribution in [3.8, 4) is 10.4 Å². The predicted octanol–water partition coefficient (Wildman–Crippen LogP) is 5.43. The molecule has 1 heterocycles. The first-order valence-corrected chi connectivity index (χ1v) is 9.52. The zero-order valence-electron chi connectivity index (χ0n) is 12.5. The molecular formula is C17H22O2S2. The third-order valence-corrected chi connectivity index (χ3v) is 5.30. The maximum atomic E-state index is 11.1. The largest absolute Gasteiger partial charge is 0.306 e. The highest BCUT2D eigenvalue weighted by Crippen LogP contribution is 2.37. The number of unbranched alkanes of at least 4 members (excludes halogenated alkanes) is 1. The van der Waals surface area contributed by atoms with Crippen molar-refractivity contribution in [1.82, 2.24) is 0 Å². The lowest BCUT2D eigenvalue weighted by atomic mass is 9.90. The van der Waals surface area contributed by atoms with Gasteiger partial charge >= 0.3 is 0 Å². The van der Waals surface area contributed by atoms with Crippen LogP contribution in [0.4, 0.5) is 0 Å². The van der Waals surface area contributed by atoms with Gasteiger partial charge in [-0.1, -0.05) is 51.0 Å². The van der Waals surface area contributed by atoms with E-state index in [1.54, 1.807) is 11.3 Å². The Morgan fingerprint density at radius 1 is 1.29 bits per heavy atom. The molecule has 1 aromatic carbocycles. The molecule has 0 aliphatic carbocycles. The van der Waals surface area contributed by atoms with Crippen LogP contribution in [0.1, 0.15) is 50.2 Å². The first-order chi connectivity index (χ1) is 10.1. The second-order valence-electron chi connectivity index (χ2n) is 5.37. The van der Waals surface area contributed by atoms with Gasteiger partial charge in [0.1, 0.15) is 0 Å². The third-order valence-electron chi connectivity index (χ3n) is 3.75. The molecule has 0 bridgehead atoms. The number of benzene rings is 1. The molecule has 1 N–H and O–H groups in total. The van der Waals surface area contributed by atoms with E-state index in [2.05, 4.69) is 32.0 Å². The van der Waals surface area contributed by atoms with Gasteiger partial charge < -0.3 is 4.55 Å². The Balaban J connectivity index is 2.36. The van der Waals surface area contributed by atoms with Gasteiger partial charge in [0.25, 0.3) is 0 Å². The quantitative estimate of drug-likeness (QED) is 0.690. The minimum absolute atomic E-state index is 0.205. The van der Waals surface area contributed by atoms with E-state index in [9.17, 15) is 4.21 Å². The van der Waals surface area contributed by atoms with Crippen LogP contribution in [0.15, 0.2) is 35.7 Å². The van der Waals surface area contributed by atoms with Crippen LogP contribution >= 0.6 is 11.3 Å². The van der Waals surface area contributed by atoms with Gasteiger partial charge in [0.15, 0.2) is 11.1 Å². The highest BCUT2D eigenvalue weighted by Gasteiger charge is 2.15. The topological polar surface area (TPSA) is 37.3 Å². The van der Waals surface area contributed by atoms with Crippen LogP contribution in [0.2, 0.25) is 0 Å². The average molecular weight is 322 g/mol. The molecule has 0 aliphatic heterocycles. The van der Waals surface area contributed by atoms with Crippen LogP contribution in [0, 0.1) is 0 Å². The highest BCUT2D eigenvalue weighted by atomic mass is 32.2. The van der Waals surface area contributed by atoms with Gasteiger partial charge in [-0.25, -0.2) is 4.21 Å². The van der Waals surface area contributed by atoms with Crippen LogP contribution in [0.25, 0.3) is 10.4 Å². The lowest BCUT2D eigenvalue weighted by molar-refractivity contribution is 0.563. The zero-order valence-corrected chi connectivity index (χ0v) is 14.2. The Hall–Kier alpha value is -0.970. The number of hydrogen-bond donors (Lipinski definition) is 1. The molecule has 4 heteroatoms. The molecule has 0 saturated carbocycles. The minimum atomic E-state index is -1.79. The van der Waals surface area contributed by atoms with E-state index in [-0.39, 0.29) is 5.75 Å². The van der Waals surface area contributed by atoms with E-state index in [0.29, 0.717) is 5.92 Å². The zero-order chi connectivity index (χ0) is 15.2. The second-order valence-corrected chi connectivity index (χ2v) is 7.22.